The first-order valence-corrected chi connectivity index (χ1v) is 6.92. The lowest BCUT2D eigenvalue weighted by atomic mass is 10.0. The van der Waals surface area contributed by atoms with Gasteiger partial charge in [0.1, 0.15) is 11.9 Å². The maximum Gasteiger partial charge on any atom is 0.248 e. The predicted molar refractivity (Wildman–Crippen MR) is 82.5 cm³/mol. The summed E-state index contributed by atoms with van der Waals surface area (Å²) >= 11 is 0. The van der Waals surface area contributed by atoms with Gasteiger partial charge in [-0.25, -0.2) is 4.39 Å². The molecule has 0 saturated heterocycles. The fraction of sp³-hybridized carbons (Fsp3) is 0.235. The Morgan fingerprint density at radius 2 is 1.71 bits per heavy atom. The summed E-state index contributed by atoms with van der Waals surface area (Å²) in [7, 11) is 0. The molecule has 0 radical (unpaired) electrons. The Kier molecular flexibility index (Phi) is 4.70. The smallest absolute Gasteiger partial charge is 0.248 e. The van der Waals surface area contributed by atoms with Gasteiger partial charge in [0.15, 0.2) is 0 Å². The minimum absolute atomic E-state index is 0.201. The molecule has 1 atom stereocenters. The third-order valence-electron chi connectivity index (χ3n) is 3.42. The molecule has 2 aromatic carbocycles. The molecule has 0 heterocycles. The third-order valence-corrected chi connectivity index (χ3v) is 3.42. The molecule has 0 aliphatic carbocycles. The molecule has 0 aliphatic rings. The molecular weight excluding hydrogens is 267 g/mol. The van der Waals surface area contributed by atoms with Gasteiger partial charge in [0.25, 0.3) is 0 Å². The van der Waals surface area contributed by atoms with E-state index in [0.717, 1.165) is 11.1 Å². The third kappa shape index (κ3) is 3.47. The molecule has 2 rings (SSSR count). The highest BCUT2D eigenvalue weighted by molar-refractivity contribution is 5.97. The first-order chi connectivity index (χ1) is 10.0. The predicted octanol–water partition coefficient (Wildman–Crippen LogP) is 3.19. The maximum atomic E-state index is 13.0. The Labute approximate surface area is 124 Å². The van der Waals surface area contributed by atoms with E-state index in [-0.39, 0.29) is 11.7 Å². The largest absolute Gasteiger partial charge is 0.316 e. The van der Waals surface area contributed by atoms with Crippen molar-refractivity contribution in [3.05, 3.63) is 65.5 Å². The fourth-order valence-corrected chi connectivity index (χ4v) is 2.17. The molecule has 0 saturated carbocycles. The molecule has 1 amide bonds. The van der Waals surface area contributed by atoms with E-state index in [0.29, 0.717) is 12.2 Å². The number of benzene rings is 2. The van der Waals surface area contributed by atoms with Crippen molar-refractivity contribution in [3.8, 4) is 0 Å². The normalized spacial score (nSPS) is 12.0. The number of hydrogen-bond donors (Lipinski definition) is 1. The van der Waals surface area contributed by atoms with E-state index < -0.39 is 6.04 Å². The van der Waals surface area contributed by atoms with Gasteiger partial charge in [-0.2, -0.15) is 0 Å². The summed E-state index contributed by atoms with van der Waals surface area (Å²) in [6.07, 6.45) is 0. The van der Waals surface area contributed by atoms with Crippen LogP contribution in [0, 0.1) is 12.7 Å². The average molecular weight is 286 g/mol. The Morgan fingerprint density at radius 3 is 2.24 bits per heavy atom. The number of anilines is 1. The van der Waals surface area contributed by atoms with Gasteiger partial charge in [-0.1, -0.05) is 29.8 Å². The second-order valence-corrected chi connectivity index (χ2v) is 4.95. The van der Waals surface area contributed by atoms with Gasteiger partial charge in [-0.3, -0.25) is 4.79 Å². The molecule has 0 spiro atoms. The van der Waals surface area contributed by atoms with Crippen LogP contribution in [0.5, 0.6) is 0 Å². The van der Waals surface area contributed by atoms with E-state index in [4.69, 9.17) is 5.73 Å². The van der Waals surface area contributed by atoms with Gasteiger partial charge in [-0.15, -0.1) is 0 Å². The summed E-state index contributed by atoms with van der Waals surface area (Å²) in [5, 5.41) is 0. The molecule has 2 N–H and O–H groups in total. The summed E-state index contributed by atoms with van der Waals surface area (Å²) in [6.45, 7) is 4.32. The molecule has 110 valence electrons. The van der Waals surface area contributed by atoms with Crippen molar-refractivity contribution in [2.45, 2.75) is 19.9 Å². The number of halogens is 1. The van der Waals surface area contributed by atoms with Crippen LogP contribution >= 0.6 is 0 Å². The van der Waals surface area contributed by atoms with Crippen LogP contribution in [0.4, 0.5) is 10.1 Å². The minimum atomic E-state index is -0.726. The monoisotopic (exact) mass is 286 g/mol. The lowest BCUT2D eigenvalue weighted by Crippen LogP contribution is -2.38. The highest BCUT2D eigenvalue weighted by Crippen LogP contribution is 2.20. The zero-order valence-corrected chi connectivity index (χ0v) is 12.2. The van der Waals surface area contributed by atoms with Gasteiger partial charge < -0.3 is 10.6 Å². The number of rotatable bonds is 4. The van der Waals surface area contributed by atoms with Crippen LogP contribution in [-0.2, 0) is 4.79 Å². The van der Waals surface area contributed by atoms with Gasteiger partial charge >= 0.3 is 0 Å². The first-order valence-electron chi connectivity index (χ1n) is 6.92. The number of hydrogen-bond acceptors (Lipinski definition) is 2. The zero-order valence-electron chi connectivity index (χ0n) is 12.2. The molecule has 4 heteroatoms. The second kappa shape index (κ2) is 6.50. The van der Waals surface area contributed by atoms with Crippen LogP contribution in [0.3, 0.4) is 0 Å². The van der Waals surface area contributed by atoms with Crippen molar-refractivity contribution in [1.29, 1.82) is 0 Å². The van der Waals surface area contributed by atoms with E-state index in [9.17, 15) is 9.18 Å². The number of nitrogens with zero attached hydrogens (tertiary/aromatic N) is 1. The van der Waals surface area contributed by atoms with Gasteiger partial charge in [0.2, 0.25) is 5.91 Å². The van der Waals surface area contributed by atoms with Crippen molar-refractivity contribution < 1.29 is 9.18 Å². The Balaban J connectivity index is 2.23. The van der Waals surface area contributed by atoms with Gasteiger partial charge in [0.05, 0.1) is 0 Å². The van der Waals surface area contributed by atoms with Crippen molar-refractivity contribution in [2.75, 3.05) is 11.4 Å². The van der Waals surface area contributed by atoms with Gasteiger partial charge in [0, 0.05) is 12.2 Å². The van der Waals surface area contributed by atoms with Crippen LogP contribution in [0.25, 0.3) is 0 Å². The highest BCUT2D eigenvalue weighted by atomic mass is 19.1. The summed E-state index contributed by atoms with van der Waals surface area (Å²) < 4.78 is 13.0. The summed E-state index contributed by atoms with van der Waals surface area (Å²) in [5.74, 6) is -0.530. The fourth-order valence-electron chi connectivity index (χ4n) is 2.17. The number of carbonyl (C=O) groups excluding carboxylic acids is 1. The summed E-state index contributed by atoms with van der Waals surface area (Å²) in [6, 6.07) is 12.7. The molecular formula is C17H19FN2O. The second-order valence-electron chi connectivity index (χ2n) is 4.95. The molecule has 0 bridgehead atoms. The van der Waals surface area contributed by atoms with E-state index >= 15 is 0 Å². The van der Waals surface area contributed by atoms with E-state index in [2.05, 4.69) is 0 Å². The van der Waals surface area contributed by atoms with Crippen LogP contribution in [0.15, 0.2) is 48.5 Å². The van der Waals surface area contributed by atoms with Gasteiger partial charge in [-0.05, 0) is 43.7 Å². The van der Waals surface area contributed by atoms with Crippen molar-refractivity contribution >= 4 is 11.6 Å². The average Bonchev–Trinajstić information content (AvgIpc) is 2.50. The number of carbonyl (C=O) groups is 1. The Morgan fingerprint density at radius 1 is 1.14 bits per heavy atom. The van der Waals surface area contributed by atoms with Crippen molar-refractivity contribution in [1.82, 2.24) is 0 Å². The zero-order chi connectivity index (χ0) is 15.4. The van der Waals surface area contributed by atoms with Crippen LogP contribution in [-0.4, -0.2) is 12.5 Å². The quantitative estimate of drug-likeness (QED) is 0.938. The highest BCUT2D eigenvalue weighted by Gasteiger charge is 2.22. The number of likely N-dealkylation sites (N-methyl/N-ethyl adjacent to an activating group) is 1. The lowest BCUT2D eigenvalue weighted by molar-refractivity contribution is -0.119. The van der Waals surface area contributed by atoms with E-state index in [1.165, 1.54) is 12.1 Å². The molecule has 0 aromatic heterocycles. The number of nitrogens with two attached hydrogens (primary N) is 1. The van der Waals surface area contributed by atoms with Crippen molar-refractivity contribution in [3.63, 3.8) is 0 Å². The minimum Gasteiger partial charge on any atom is -0.316 e. The standard InChI is InChI=1S/C17H19FN2O/c1-3-20(15-10-8-14(18)9-11-15)17(21)16(19)13-6-4-12(2)5-7-13/h4-11,16H,3,19H2,1-2H3. The molecule has 2 aromatic rings. The summed E-state index contributed by atoms with van der Waals surface area (Å²) in [5.41, 5.74) is 8.60. The van der Waals surface area contributed by atoms with E-state index in [1.54, 1.807) is 17.0 Å². The lowest BCUT2D eigenvalue weighted by Gasteiger charge is -2.24. The molecule has 1 unspecified atom stereocenters. The first kappa shape index (κ1) is 15.2. The maximum absolute atomic E-state index is 13.0. The SMILES string of the molecule is CCN(C(=O)C(N)c1ccc(C)cc1)c1ccc(F)cc1. The number of amides is 1. The Bertz CT molecular complexity index is 608. The van der Waals surface area contributed by atoms with Crippen LogP contribution < -0.4 is 10.6 Å². The topological polar surface area (TPSA) is 46.3 Å². The van der Waals surface area contributed by atoms with Crippen molar-refractivity contribution in [2.24, 2.45) is 5.73 Å². The van der Waals surface area contributed by atoms with Crippen LogP contribution in [0.2, 0.25) is 0 Å². The van der Waals surface area contributed by atoms with E-state index in [1.807, 2.05) is 38.1 Å². The molecule has 0 fully saturated rings. The van der Waals surface area contributed by atoms with Crippen LogP contribution in [0.1, 0.15) is 24.1 Å². The number of aryl methyl sites for hydroxylation is 1. The Hall–Kier alpha value is -2.20. The molecule has 21 heavy (non-hydrogen) atoms. The molecule has 0 aliphatic heterocycles. The summed E-state index contributed by atoms with van der Waals surface area (Å²) in [4.78, 5) is 14.1. The molecule has 3 nitrogen and oxygen atoms in total.